The quantitative estimate of drug-likeness (QED) is 0.902. The maximum atomic E-state index is 12.4. The van der Waals surface area contributed by atoms with Crippen molar-refractivity contribution in [3.05, 3.63) is 29.8 Å². The average molecular weight is 260 g/mol. The summed E-state index contributed by atoms with van der Waals surface area (Å²) in [4.78, 5) is 14.3. The van der Waals surface area contributed by atoms with Crippen LogP contribution in [0.2, 0.25) is 0 Å². The van der Waals surface area contributed by atoms with Crippen molar-refractivity contribution >= 4 is 11.6 Å². The molecule has 1 aliphatic heterocycles. The second kappa shape index (κ2) is 6.20. The molecule has 2 rings (SSSR count). The summed E-state index contributed by atoms with van der Waals surface area (Å²) in [6.45, 7) is 7.70. The molecule has 3 heteroatoms. The molecule has 0 saturated carbocycles. The molecule has 2 atom stereocenters. The lowest BCUT2D eigenvalue weighted by atomic mass is 9.94. The molecule has 3 nitrogen and oxygen atoms in total. The van der Waals surface area contributed by atoms with Gasteiger partial charge in [0.25, 0.3) is 0 Å². The minimum Gasteiger partial charge on any atom is -0.311 e. The lowest BCUT2D eigenvalue weighted by molar-refractivity contribution is -0.118. The zero-order valence-electron chi connectivity index (χ0n) is 12.1. The molecule has 1 heterocycles. The number of carbonyl (C=O) groups is 1. The van der Waals surface area contributed by atoms with Crippen LogP contribution in [-0.2, 0) is 11.2 Å². The molecule has 1 aromatic rings. The van der Waals surface area contributed by atoms with Gasteiger partial charge in [0.05, 0.1) is 6.54 Å². The van der Waals surface area contributed by atoms with Crippen LogP contribution >= 0.6 is 0 Å². The molecular weight excluding hydrogens is 236 g/mol. The van der Waals surface area contributed by atoms with Crippen molar-refractivity contribution in [2.24, 2.45) is 5.92 Å². The van der Waals surface area contributed by atoms with Crippen LogP contribution in [0.3, 0.4) is 0 Å². The zero-order chi connectivity index (χ0) is 13.8. The number of anilines is 1. The number of amides is 1. The Balaban J connectivity index is 2.09. The maximum absolute atomic E-state index is 12.4. The monoisotopic (exact) mass is 260 g/mol. The number of hydrogen-bond acceptors (Lipinski definition) is 2. The average Bonchev–Trinajstić information content (AvgIpc) is 2.43. The summed E-state index contributed by atoms with van der Waals surface area (Å²) in [5, 5.41) is 3.28. The van der Waals surface area contributed by atoms with E-state index in [9.17, 15) is 4.79 Å². The van der Waals surface area contributed by atoms with E-state index in [0.29, 0.717) is 18.5 Å². The van der Waals surface area contributed by atoms with Gasteiger partial charge in [-0.25, -0.2) is 0 Å². The summed E-state index contributed by atoms with van der Waals surface area (Å²) in [5.41, 5.74) is 2.38. The molecule has 19 heavy (non-hydrogen) atoms. The Morgan fingerprint density at radius 3 is 2.95 bits per heavy atom. The van der Waals surface area contributed by atoms with Crippen molar-refractivity contribution in [1.82, 2.24) is 5.32 Å². The van der Waals surface area contributed by atoms with Crippen molar-refractivity contribution in [2.75, 3.05) is 18.0 Å². The third kappa shape index (κ3) is 3.35. The minimum absolute atomic E-state index is 0.180. The van der Waals surface area contributed by atoms with Gasteiger partial charge >= 0.3 is 0 Å². The lowest BCUT2D eigenvalue weighted by Gasteiger charge is -2.33. The summed E-state index contributed by atoms with van der Waals surface area (Å²) < 4.78 is 0. The number of nitrogens with one attached hydrogen (secondary N) is 1. The summed E-state index contributed by atoms with van der Waals surface area (Å²) in [5.74, 6) is 0.710. The van der Waals surface area contributed by atoms with Crippen molar-refractivity contribution in [3.8, 4) is 0 Å². The van der Waals surface area contributed by atoms with Gasteiger partial charge in [0, 0.05) is 18.3 Å². The highest BCUT2D eigenvalue weighted by atomic mass is 16.2. The van der Waals surface area contributed by atoms with Crippen LogP contribution in [0.4, 0.5) is 5.69 Å². The van der Waals surface area contributed by atoms with Gasteiger partial charge in [0.1, 0.15) is 0 Å². The molecule has 0 fully saturated rings. The SMILES string of the molecule is CCC(C)NCC(=O)N1CC(C)Cc2ccccc21. The zero-order valence-corrected chi connectivity index (χ0v) is 12.1. The molecule has 1 aromatic carbocycles. The van der Waals surface area contributed by atoms with Gasteiger partial charge in [-0.3, -0.25) is 4.79 Å². The van der Waals surface area contributed by atoms with E-state index in [2.05, 4.69) is 44.3 Å². The summed E-state index contributed by atoms with van der Waals surface area (Å²) >= 11 is 0. The van der Waals surface area contributed by atoms with Crippen LogP contribution in [0.25, 0.3) is 0 Å². The van der Waals surface area contributed by atoms with E-state index in [1.54, 1.807) is 0 Å². The Morgan fingerprint density at radius 1 is 1.47 bits per heavy atom. The molecule has 0 saturated heterocycles. The first-order valence-corrected chi connectivity index (χ1v) is 7.23. The van der Waals surface area contributed by atoms with Gasteiger partial charge in [-0.05, 0) is 37.3 Å². The molecule has 0 radical (unpaired) electrons. The van der Waals surface area contributed by atoms with Gasteiger partial charge < -0.3 is 10.2 Å². The largest absolute Gasteiger partial charge is 0.311 e. The summed E-state index contributed by atoms with van der Waals surface area (Å²) in [7, 11) is 0. The van der Waals surface area contributed by atoms with Crippen molar-refractivity contribution in [1.29, 1.82) is 0 Å². The lowest BCUT2D eigenvalue weighted by Crippen LogP contribution is -2.45. The van der Waals surface area contributed by atoms with E-state index in [-0.39, 0.29) is 5.91 Å². The van der Waals surface area contributed by atoms with Gasteiger partial charge in [0.2, 0.25) is 5.91 Å². The van der Waals surface area contributed by atoms with Crippen LogP contribution < -0.4 is 10.2 Å². The maximum Gasteiger partial charge on any atom is 0.240 e. The minimum atomic E-state index is 0.180. The van der Waals surface area contributed by atoms with E-state index in [0.717, 1.165) is 25.1 Å². The molecule has 1 amide bonds. The molecule has 0 aliphatic carbocycles. The fourth-order valence-electron chi connectivity index (χ4n) is 2.53. The molecule has 0 spiro atoms. The Kier molecular flexibility index (Phi) is 4.59. The number of carbonyl (C=O) groups excluding carboxylic acids is 1. The Hall–Kier alpha value is -1.35. The first-order chi connectivity index (χ1) is 9.11. The third-order valence-corrected chi connectivity index (χ3v) is 3.86. The first-order valence-electron chi connectivity index (χ1n) is 7.23. The van der Waals surface area contributed by atoms with E-state index in [1.807, 2.05) is 11.0 Å². The van der Waals surface area contributed by atoms with Crippen LogP contribution in [0, 0.1) is 5.92 Å². The number of benzene rings is 1. The Morgan fingerprint density at radius 2 is 2.21 bits per heavy atom. The van der Waals surface area contributed by atoms with E-state index in [1.165, 1.54) is 5.56 Å². The predicted molar refractivity (Wildman–Crippen MR) is 79.4 cm³/mol. The number of nitrogens with zero attached hydrogens (tertiary/aromatic N) is 1. The number of para-hydroxylation sites is 1. The van der Waals surface area contributed by atoms with E-state index in [4.69, 9.17) is 0 Å². The number of fused-ring (bicyclic) bond motifs is 1. The highest BCUT2D eigenvalue weighted by Gasteiger charge is 2.25. The molecule has 0 aromatic heterocycles. The van der Waals surface area contributed by atoms with Gasteiger partial charge in [-0.15, -0.1) is 0 Å². The first kappa shape index (κ1) is 14.1. The van der Waals surface area contributed by atoms with Gasteiger partial charge in [0.15, 0.2) is 0 Å². The second-order valence-corrected chi connectivity index (χ2v) is 5.63. The smallest absolute Gasteiger partial charge is 0.240 e. The van der Waals surface area contributed by atoms with Gasteiger partial charge in [-0.1, -0.05) is 32.0 Å². The van der Waals surface area contributed by atoms with E-state index >= 15 is 0 Å². The molecule has 1 aliphatic rings. The predicted octanol–water partition coefficient (Wildman–Crippen LogP) is 2.60. The van der Waals surface area contributed by atoms with Crippen LogP contribution in [0.1, 0.15) is 32.8 Å². The highest BCUT2D eigenvalue weighted by molar-refractivity contribution is 5.96. The molecular formula is C16H24N2O. The number of hydrogen-bond donors (Lipinski definition) is 1. The third-order valence-electron chi connectivity index (χ3n) is 3.86. The summed E-state index contributed by atoms with van der Waals surface area (Å²) in [6.07, 6.45) is 2.11. The molecule has 1 N–H and O–H groups in total. The fourth-order valence-corrected chi connectivity index (χ4v) is 2.53. The highest BCUT2D eigenvalue weighted by Crippen LogP contribution is 2.29. The fraction of sp³-hybridized carbons (Fsp3) is 0.562. The van der Waals surface area contributed by atoms with Crippen molar-refractivity contribution in [3.63, 3.8) is 0 Å². The Labute approximate surface area is 116 Å². The molecule has 2 unspecified atom stereocenters. The van der Waals surface area contributed by atoms with Crippen LogP contribution in [0.5, 0.6) is 0 Å². The van der Waals surface area contributed by atoms with E-state index < -0.39 is 0 Å². The van der Waals surface area contributed by atoms with Crippen LogP contribution in [0.15, 0.2) is 24.3 Å². The molecule has 0 bridgehead atoms. The topological polar surface area (TPSA) is 32.3 Å². The second-order valence-electron chi connectivity index (χ2n) is 5.63. The summed E-state index contributed by atoms with van der Waals surface area (Å²) in [6, 6.07) is 8.64. The number of rotatable bonds is 4. The normalized spacial score (nSPS) is 19.9. The Bertz CT molecular complexity index is 444. The molecule has 104 valence electrons. The standard InChI is InChI=1S/C16H24N2O/c1-4-13(3)17-10-16(19)18-11-12(2)9-14-7-5-6-8-15(14)18/h5-8,12-13,17H,4,9-11H2,1-3H3. The van der Waals surface area contributed by atoms with Gasteiger partial charge in [-0.2, -0.15) is 0 Å². The van der Waals surface area contributed by atoms with Crippen molar-refractivity contribution in [2.45, 2.75) is 39.7 Å². The van der Waals surface area contributed by atoms with Crippen molar-refractivity contribution < 1.29 is 4.79 Å². The van der Waals surface area contributed by atoms with Crippen LogP contribution in [-0.4, -0.2) is 25.0 Å².